The van der Waals surface area contributed by atoms with Crippen LogP contribution < -0.4 is 4.74 Å². The molecule has 0 amide bonds. The summed E-state index contributed by atoms with van der Waals surface area (Å²) in [6.45, 7) is 0. The van der Waals surface area contributed by atoms with Gasteiger partial charge in [0, 0.05) is 33.2 Å². The van der Waals surface area contributed by atoms with E-state index in [1.165, 1.54) is 0 Å². The summed E-state index contributed by atoms with van der Waals surface area (Å²) in [5.41, 5.74) is 5.67. The molecule has 2 heterocycles. The number of rotatable bonds is 2. The molecule has 1 aromatic heterocycles. The zero-order chi connectivity index (χ0) is 35.6. The number of nitrogens with zero attached hydrogens (tertiary/aromatic N) is 1. The van der Waals surface area contributed by atoms with Crippen molar-refractivity contribution in [1.82, 2.24) is 4.57 Å². The molecule has 10 rings (SSSR count). The Kier molecular flexibility index (Phi) is 3.78. The molecule has 210 valence electrons. The highest BCUT2D eigenvalue weighted by Crippen LogP contribution is 2.62. The monoisotopic (exact) mass is 580 g/mol. The zero-order valence-electron chi connectivity index (χ0n) is 30.9. The molecule has 1 aliphatic heterocycles. The first-order chi connectivity index (χ1) is 25.3. The molecular formula is C43H27NO. The van der Waals surface area contributed by atoms with Crippen molar-refractivity contribution < 1.29 is 14.3 Å². The van der Waals surface area contributed by atoms with Gasteiger partial charge >= 0.3 is 0 Å². The van der Waals surface area contributed by atoms with Crippen molar-refractivity contribution in [1.29, 1.82) is 0 Å². The van der Waals surface area contributed by atoms with E-state index in [1.807, 2.05) is 109 Å². The van der Waals surface area contributed by atoms with Crippen molar-refractivity contribution >= 4 is 21.8 Å². The van der Waals surface area contributed by atoms with Crippen LogP contribution in [0.25, 0.3) is 49.7 Å². The molecule has 0 fully saturated rings. The van der Waals surface area contributed by atoms with Crippen LogP contribution >= 0.6 is 0 Å². The molecule has 2 heteroatoms. The summed E-state index contributed by atoms with van der Waals surface area (Å²) in [6, 6.07) is 37.3. The van der Waals surface area contributed by atoms with Crippen molar-refractivity contribution in [2.45, 2.75) is 5.41 Å². The predicted molar refractivity (Wildman–Crippen MR) is 184 cm³/mol. The quantitative estimate of drug-likeness (QED) is 0.198. The largest absolute Gasteiger partial charge is 0.457 e. The molecule has 0 radical (unpaired) electrons. The SMILES string of the molecule is [2H]c1c([2H])c([2H])c2c(c1[2H])Oc1c([2H])c([2H])c(-c3cccc4c5ccccc5n(-c5ccccc5)c34)c([2H])c1C21c2ccccc2-c2ccccc21. The maximum Gasteiger partial charge on any atom is 0.132 e. The molecule has 1 aliphatic carbocycles. The van der Waals surface area contributed by atoms with E-state index in [-0.39, 0.29) is 58.4 Å². The van der Waals surface area contributed by atoms with Crippen molar-refractivity contribution in [3.8, 4) is 39.4 Å². The van der Waals surface area contributed by atoms with Gasteiger partial charge in [-0.2, -0.15) is 0 Å². The van der Waals surface area contributed by atoms with Crippen LogP contribution in [0.3, 0.4) is 0 Å². The highest BCUT2D eigenvalue weighted by atomic mass is 16.5. The van der Waals surface area contributed by atoms with E-state index in [2.05, 4.69) is 16.7 Å². The number of benzene rings is 7. The highest BCUT2D eigenvalue weighted by molar-refractivity contribution is 6.13. The average molecular weight is 581 g/mol. The maximum atomic E-state index is 10.2. The van der Waals surface area contributed by atoms with Crippen LogP contribution in [0, 0.1) is 0 Å². The van der Waals surface area contributed by atoms with Gasteiger partial charge in [0.15, 0.2) is 0 Å². The summed E-state index contributed by atoms with van der Waals surface area (Å²) in [4.78, 5) is 0. The van der Waals surface area contributed by atoms with Crippen LogP contribution in [0.4, 0.5) is 0 Å². The molecule has 0 bridgehead atoms. The van der Waals surface area contributed by atoms with E-state index in [9.17, 15) is 5.48 Å². The Hall–Kier alpha value is -5.86. The van der Waals surface area contributed by atoms with Gasteiger partial charge in [-0.05, 0) is 64.1 Å². The minimum Gasteiger partial charge on any atom is -0.457 e. The lowest BCUT2D eigenvalue weighted by Crippen LogP contribution is -2.32. The lowest BCUT2D eigenvalue weighted by molar-refractivity contribution is 0.436. The number of hydrogen-bond donors (Lipinski definition) is 0. The van der Waals surface area contributed by atoms with Gasteiger partial charge in [0.2, 0.25) is 0 Å². The molecule has 0 N–H and O–H groups in total. The lowest BCUT2D eigenvalue weighted by atomic mass is 9.66. The van der Waals surface area contributed by atoms with E-state index >= 15 is 0 Å². The first kappa shape index (κ1) is 18.7. The van der Waals surface area contributed by atoms with Gasteiger partial charge in [-0.25, -0.2) is 0 Å². The molecule has 2 nitrogen and oxygen atoms in total. The molecule has 8 aromatic rings. The van der Waals surface area contributed by atoms with E-state index in [0.717, 1.165) is 49.7 Å². The van der Waals surface area contributed by atoms with E-state index in [0.29, 0.717) is 5.56 Å². The van der Waals surface area contributed by atoms with Crippen LogP contribution in [0.15, 0.2) is 164 Å². The fourth-order valence-electron chi connectivity index (χ4n) is 7.58. The molecule has 0 unspecified atom stereocenters. The molecule has 7 aromatic carbocycles. The van der Waals surface area contributed by atoms with Crippen LogP contribution in [-0.4, -0.2) is 4.57 Å². The summed E-state index contributed by atoms with van der Waals surface area (Å²) in [5, 5.41) is 1.94. The predicted octanol–water partition coefficient (Wildman–Crippen LogP) is 10.9. The topological polar surface area (TPSA) is 14.2 Å². The van der Waals surface area contributed by atoms with Gasteiger partial charge in [-0.1, -0.05) is 127 Å². The van der Waals surface area contributed by atoms with E-state index in [4.69, 9.17) is 8.85 Å². The lowest BCUT2D eigenvalue weighted by Gasteiger charge is -2.39. The van der Waals surface area contributed by atoms with Gasteiger partial charge in [-0.15, -0.1) is 0 Å². The Morgan fingerprint density at radius 3 is 1.98 bits per heavy atom. The summed E-state index contributed by atoms with van der Waals surface area (Å²) < 4.78 is 73.7. The zero-order valence-corrected chi connectivity index (χ0v) is 23.9. The standard InChI is InChI=1S/C43H27NO/c1-2-13-29(14-3-1)44-39-23-10-6-17-33(39)34-19-12-18-30(42(34)44)28-25-26-41-38(27-28)43(37-22-9-11-24-40(37)45-41)35-20-7-4-15-31(35)32-16-5-8-21-36(32)43/h1-27H/i9D,11D,22D,24D,25D,26D,27D. The molecule has 0 atom stereocenters. The summed E-state index contributed by atoms with van der Waals surface area (Å²) in [5.74, 6) is -0.157. The Morgan fingerprint density at radius 1 is 0.511 bits per heavy atom. The normalized spacial score (nSPS) is 15.9. The second-order valence-electron chi connectivity index (χ2n) is 11.5. The first-order valence-electron chi connectivity index (χ1n) is 18.5. The van der Waals surface area contributed by atoms with E-state index in [1.54, 1.807) is 0 Å². The Bertz CT molecular complexity index is 2820. The summed E-state index contributed by atoms with van der Waals surface area (Å²) in [7, 11) is 0. The third-order valence-electron chi connectivity index (χ3n) is 9.32. The summed E-state index contributed by atoms with van der Waals surface area (Å²) in [6.07, 6.45) is 0. The second-order valence-corrected chi connectivity index (χ2v) is 11.5. The third-order valence-corrected chi connectivity index (χ3v) is 9.32. The van der Waals surface area contributed by atoms with Gasteiger partial charge in [0.05, 0.1) is 26.0 Å². The van der Waals surface area contributed by atoms with E-state index < -0.39 is 17.5 Å². The van der Waals surface area contributed by atoms with Crippen LogP contribution in [-0.2, 0) is 5.41 Å². The van der Waals surface area contributed by atoms with Gasteiger partial charge < -0.3 is 9.30 Å². The van der Waals surface area contributed by atoms with Crippen molar-refractivity contribution in [2.75, 3.05) is 0 Å². The minimum atomic E-state index is -1.46. The van der Waals surface area contributed by atoms with Gasteiger partial charge in [0.1, 0.15) is 11.5 Å². The number of fused-ring (bicyclic) bond motifs is 12. The van der Waals surface area contributed by atoms with Crippen LogP contribution in [0.2, 0.25) is 0 Å². The smallest absolute Gasteiger partial charge is 0.132 e. The molecule has 0 saturated heterocycles. The van der Waals surface area contributed by atoms with Gasteiger partial charge in [-0.3, -0.25) is 0 Å². The number of para-hydroxylation sites is 4. The van der Waals surface area contributed by atoms with Crippen molar-refractivity contribution in [3.05, 3.63) is 186 Å². The third kappa shape index (κ3) is 3.18. The van der Waals surface area contributed by atoms with Gasteiger partial charge in [0.25, 0.3) is 0 Å². The molecular weight excluding hydrogens is 546 g/mol. The van der Waals surface area contributed by atoms with Crippen molar-refractivity contribution in [2.24, 2.45) is 0 Å². The highest BCUT2D eigenvalue weighted by Gasteiger charge is 2.51. The summed E-state index contributed by atoms with van der Waals surface area (Å²) >= 11 is 0. The second kappa shape index (κ2) is 9.07. The molecule has 2 aliphatic rings. The average Bonchev–Trinajstić information content (AvgIpc) is 3.67. The van der Waals surface area contributed by atoms with Crippen molar-refractivity contribution in [3.63, 3.8) is 0 Å². The first-order valence-corrected chi connectivity index (χ1v) is 15.0. The number of aromatic nitrogens is 1. The van der Waals surface area contributed by atoms with Crippen LogP contribution in [0.1, 0.15) is 31.8 Å². The number of hydrogen-bond acceptors (Lipinski definition) is 1. The fraction of sp³-hybridized carbons (Fsp3) is 0.0233. The molecule has 0 saturated carbocycles. The Balaban J connectivity index is 1.41. The number of ether oxygens (including phenoxy) is 1. The maximum absolute atomic E-state index is 10.2. The molecule has 1 spiro atoms. The minimum absolute atomic E-state index is 0.0436. The van der Waals surface area contributed by atoms with Crippen LogP contribution in [0.5, 0.6) is 11.5 Å². The fourth-order valence-corrected chi connectivity index (χ4v) is 7.58. The Labute approximate surface area is 271 Å². The Morgan fingerprint density at radius 2 is 1.16 bits per heavy atom. The molecule has 45 heavy (non-hydrogen) atoms.